The highest BCUT2D eigenvalue weighted by Gasteiger charge is 2.14. The van der Waals surface area contributed by atoms with Crippen molar-refractivity contribution in [1.29, 1.82) is 0 Å². The van der Waals surface area contributed by atoms with E-state index in [1.54, 1.807) is 19.1 Å². The number of hydrogen-bond acceptors (Lipinski definition) is 3. The summed E-state index contributed by atoms with van der Waals surface area (Å²) in [5.74, 6) is -0.465. The van der Waals surface area contributed by atoms with Crippen LogP contribution in [-0.2, 0) is 16.0 Å². The average molecular weight is 248 g/mol. The van der Waals surface area contributed by atoms with Gasteiger partial charge in [0.2, 0.25) is 6.10 Å². The van der Waals surface area contributed by atoms with E-state index < -0.39 is 12.1 Å². The largest absolute Gasteiger partial charge is 0.478 e. The molecule has 0 aliphatic carbocycles. The van der Waals surface area contributed by atoms with Gasteiger partial charge in [0.25, 0.3) is 0 Å². The summed E-state index contributed by atoms with van der Waals surface area (Å²) in [6.07, 6.45) is 1.36. The fourth-order valence-corrected chi connectivity index (χ4v) is 1.40. The molecule has 1 aromatic carbocycles. The Hall–Kier alpha value is -2.10. The molecule has 1 rings (SSSR count). The third-order valence-electron chi connectivity index (χ3n) is 2.41. The molecule has 0 bridgehead atoms. The molecule has 0 amide bonds. The Morgan fingerprint density at radius 3 is 2.44 bits per heavy atom. The molecule has 4 heteroatoms. The second-order valence-corrected chi connectivity index (χ2v) is 3.96. The summed E-state index contributed by atoms with van der Waals surface area (Å²) in [7, 11) is 0. The van der Waals surface area contributed by atoms with E-state index in [2.05, 4.69) is 6.58 Å². The van der Waals surface area contributed by atoms with Crippen LogP contribution in [0.3, 0.4) is 0 Å². The number of carboxylic acids is 1. The number of ketones is 1. The van der Waals surface area contributed by atoms with Crippen molar-refractivity contribution in [3.63, 3.8) is 0 Å². The van der Waals surface area contributed by atoms with Crippen molar-refractivity contribution in [2.24, 2.45) is 0 Å². The van der Waals surface area contributed by atoms with Crippen molar-refractivity contribution >= 4 is 11.8 Å². The van der Waals surface area contributed by atoms with E-state index in [9.17, 15) is 9.59 Å². The number of carboxylic acid groups (broad SMARTS) is 1. The summed E-state index contributed by atoms with van der Waals surface area (Å²) >= 11 is 0. The maximum atomic E-state index is 10.8. The van der Waals surface area contributed by atoms with Crippen molar-refractivity contribution in [3.8, 4) is 5.75 Å². The van der Waals surface area contributed by atoms with Crippen LogP contribution >= 0.6 is 0 Å². The zero-order chi connectivity index (χ0) is 13.5. The summed E-state index contributed by atoms with van der Waals surface area (Å²) < 4.78 is 5.22. The van der Waals surface area contributed by atoms with Crippen LogP contribution in [0.2, 0.25) is 0 Å². The normalized spacial score (nSPS) is 11.6. The Kier molecular flexibility index (Phi) is 5.11. The van der Waals surface area contributed by atoms with Gasteiger partial charge in [-0.25, -0.2) is 4.79 Å². The number of carbonyl (C=O) groups excluding carboxylic acids is 1. The third-order valence-corrected chi connectivity index (χ3v) is 2.41. The van der Waals surface area contributed by atoms with Gasteiger partial charge < -0.3 is 14.6 Å². The maximum Gasteiger partial charge on any atom is 0.349 e. The summed E-state index contributed by atoms with van der Waals surface area (Å²) in [4.78, 5) is 21.6. The smallest absolute Gasteiger partial charge is 0.349 e. The molecule has 1 aromatic rings. The molecule has 1 atom stereocenters. The van der Waals surface area contributed by atoms with Gasteiger partial charge in [0.15, 0.2) is 0 Å². The lowest BCUT2D eigenvalue weighted by Gasteiger charge is -2.11. The van der Waals surface area contributed by atoms with Gasteiger partial charge in [-0.3, -0.25) is 0 Å². The van der Waals surface area contributed by atoms with Crippen LogP contribution in [0.15, 0.2) is 36.9 Å². The molecule has 0 heterocycles. The van der Waals surface area contributed by atoms with E-state index in [0.717, 1.165) is 5.56 Å². The standard InChI is InChI=1S/C14H16O4/c1-3-13(14(16)17)18-12-8-6-11(7-9-12)5-4-10(2)15/h3,6-9,13H,1,4-5H2,2H3,(H,16,17). The summed E-state index contributed by atoms with van der Waals surface area (Å²) in [5.41, 5.74) is 1.02. The van der Waals surface area contributed by atoms with E-state index >= 15 is 0 Å². The first-order valence-electron chi connectivity index (χ1n) is 5.63. The summed E-state index contributed by atoms with van der Waals surface area (Å²) in [6.45, 7) is 4.96. The minimum absolute atomic E-state index is 0.146. The van der Waals surface area contributed by atoms with Gasteiger partial charge in [0.05, 0.1) is 0 Å². The number of aliphatic carboxylic acids is 1. The van der Waals surface area contributed by atoms with E-state index in [0.29, 0.717) is 18.6 Å². The van der Waals surface area contributed by atoms with Crippen molar-refractivity contribution < 1.29 is 19.4 Å². The minimum atomic E-state index is -1.08. The Bertz CT molecular complexity index is 434. The molecule has 0 aliphatic heterocycles. The molecule has 0 aromatic heterocycles. The quantitative estimate of drug-likeness (QED) is 0.751. The predicted octanol–water partition coefficient (Wildman–Crippen LogP) is 2.23. The molecule has 1 N–H and O–H groups in total. The van der Waals surface area contributed by atoms with Gasteiger partial charge in [-0.1, -0.05) is 18.7 Å². The number of aryl methyl sites for hydroxylation is 1. The van der Waals surface area contributed by atoms with Crippen molar-refractivity contribution in [1.82, 2.24) is 0 Å². The molecule has 0 fully saturated rings. The molecule has 0 aliphatic rings. The van der Waals surface area contributed by atoms with Gasteiger partial charge in [0, 0.05) is 6.42 Å². The van der Waals surface area contributed by atoms with E-state index in [-0.39, 0.29) is 5.78 Å². The zero-order valence-electron chi connectivity index (χ0n) is 10.3. The van der Waals surface area contributed by atoms with Crippen LogP contribution in [-0.4, -0.2) is 23.0 Å². The van der Waals surface area contributed by atoms with Crippen molar-refractivity contribution in [2.75, 3.05) is 0 Å². The highest BCUT2D eigenvalue weighted by atomic mass is 16.5. The summed E-state index contributed by atoms with van der Waals surface area (Å²) in [6, 6.07) is 7.02. The molecule has 0 spiro atoms. The van der Waals surface area contributed by atoms with Crippen LogP contribution in [0.25, 0.3) is 0 Å². The highest BCUT2D eigenvalue weighted by Crippen LogP contribution is 2.15. The number of rotatable bonds is 7. The number of benzene rings is 1. The van der Waals surface area contributed by atoms with E-state index in [4.69, 9.17) is 9.84 Å². The molecule has 0 saturated carbocycles. The Morgan fingerprint density at radius 2 is 2.00 bits per heavy atom. The number of carbonyl (C=O) groups is 2. The lowest BCUT2D eigenvalue weighted by Crippen LogP contribution is -2.24. The third kappa shape index (κ3) is 4.41. The van der Waals surface area contributed by atoms with Crippen molar-refractivity contribution in [3.05, 3.63) is 42.5 Å². The van der Waals surface area contributed by atoms with Crippen molar-refractivity contribution in [2.45, 2.75) is 25.9 Å². The maximum absolute atomic E-state index is 10.8. The van der Waals surface area contributed by atoms with Gasteiger partial charge in [-0.05, 0) is 37.1 Å². The number of Topliss-reactive ketones (excluding diaryl/α,β-unsaturated/α-hetero) is 1. The zero-order valence-corrected chi connectivity index (χ0v) is 10.3. The SMILES string of the molecule is C=CC(Oc1ccc(CCC(C)=O)cc1)C(=O)O. The fraction of sp³-hybridized carbons (Fsp3) is 0.286. The molecular weight excluding hydrogens is 232 g/mol. The minimum Gasteiger partial charge on any atom is -0.478 e. The van der Waals surface area contributed by atoms with Crippen LogP contribution in [0.4, 0.5) is 0 Å². The summed E-state index contributed by atoms with van der Waals surface area (Å²) in [5, 5.41) is 8.80. The van der Waals surface area contributed by atoms with Gasteiger partial charge in [0.1, 0.15) is 11.5 Å². The fourth-order valence-electron chi connectivity index (χ4n) is 1.40. The first-order chi connectivity index (χ1) is 8.52. The van der Waals surface area contributed by atoms with Crippen LogP contribution in [0.1, 0.15) is 18.9 Å². The molecule has 4 nitrogen and oxygen atoms in total. The Balaban J connectivity index is 2.62. The first-order valence-corrected chi connectivity index (χ1v) is 5.63. The topological polar surface area (TPSA) is 63.6 Å². The van der Waals surface area contributed by atoms with Crippen LogP contribution in [0.5, 0.6) is 5.75 Å². The first kappa shape index (κ1) is 14.0. The molecule has 96 valence electrons. The lowest BCUT2D eigenvalue weighted by atomic mass is 10.1. The van der Waals surface area contributed by atoms with Gasteiger partial charge in [-0.2, -0.15) is 0 Å². The predicted molar refractivity (Wildman–Crippen MR) is 67.7 cm³/mol. The van der Waals surface area contributed by atoms with E-state index in [1.165, 1.54) is 6.08 Å². The monoisotopic (exact) mass is 248 g/mol. The second-order valence-electron chi connectivity index (χ2n) is 3.96. The molecule has 1 unspecified atom stereocenters. The Labute approximate surface area is 106 Å². The molecular formula is C14H16O4. The Morgan fingerprint density at radius 1 is 1.39 bits per heavy atom. The van der Waals surface area contributed by atoms with E-state index in [1.807, 2.05) is 12.1 Å². The lowest BCUT2D eigenvalue weighted by molar-refractivity contribution is -0.142. The molecule has 0 saturated heterocycles. The second kappa shape index (κ2) is 6.59. The average Bonchev–Trinajstić information content (AvgIpc) is 2.34. The van der Waals surface area contributed by atoms with Gasteiger partial charge >= 0.3 is 5.97 Å². The number of hydrogen-bond donors (Lipinski definition) is 1. The highest BCUT2D eigenvalue weighted by molar-refractivity contribution is 5.75. The molecule has 0 radical (unpaired) electrons. The van der Waals surface area contributed by atoms with Crippen LogP contribution < -0.4 is 4.74 Å². The number of ether oxygens (including phenoxy) is 1. The van der Waals surface area contributed by atoms with Crippen LogP contribution in [0, 0.1) is 0 Å². The van der Waals surface area contributed by atoms with Gasteiger partial charge in [-0.15, -0.1) is 0 Å². The molecule has 18 heavy (non-hydrogen) atoms.